The minimum absolute atomic E-state index is 0.00102. The van der Waals surface area contributed by atoms with Crippen molar-refractivity contribution in [2.24, 2.45) is 0 Å². The summed E-state index contributed by atoms with van der Waals surface area (Å²) in [5, 5.41) is 1.47. The lowest BCUT2D eigenvalue weighted by Crippen LogP contribution is -2.29. The van der Waals surface area contributed by atoms with Crippen LogP contribution in [-0.2, 0) is 10.1 Å². The molecule has 1 aromatic heterocycles. The first-order valence-electron chi connectivity index (χ1n) is 5.47. The fraction of sp³-hybridized carbons (Fsp3) is 0.700. The maximum absolute atomic E-state index is 12.0. The molecule has 0 aromatic carbocycles. The number of aryl methyl sites for hydroxylation is 1. The van der Waals surface area contributed by atoms with Gasteiger partial charge in [-0.3, -0.25) is 14.4 Å². The average molecular weight is 262 g/mol. The maximum atomic E-state index is 12.0. The Kier molecular flexibility index (Phi) is 3.83. The van der Waals surface area contributed by atoms with Gasteiger partial charge in [0.25, 0.3) is 15.7 Å². The highest BCUT2D eigenvalue weighted by Gasteiger charge is 2.27. The van der Waals surface area contributed by atoms with E-state index in [0.717, 1.165) is 4.68 Å². The molecule has 2 N–H and O–H groups in total. The standard InChI is InChI=1S/C10H18N2O4S/c1-5-8(17(14,15)16)12-10(13)9(6(2)3)7(4)11-12/h6,8,11H,5H2,1-4H3,(H,14,15,16). The predicted octanol–water partition coefficient (Wildman–Crippen LogP) is 1.40. The van der Waals surface area contributed by atoms with Crippen molar-refractivity contribution in [3.8, 4) is 0 Å². The molecule has 0 saturated heterocycles. The number of rotatable bonds is 4. The lowest BCUT2D eigenvalue weighted by Gasteiger charge is -2.11. The maximum Gasteiger partial charge on any atom is 0.288 e. The highest BCUT2D eigenvalue weighted by Crippen LogP contribution is 2.19. The van der Waals surface area contributed by atoms with Gasteiger partial charge in [-0.15, -0.1) is 0 Å². The number of aromatic nitrogens is 2. The third kappa shape index (κ3) is 2.61. The minimum Gasteiger partial charge on any atom is -0.298 e. The fourth-order valence-electron chi connectivity index (χ4n) is 1.99. The zero-order valence-corrected chi connectivity index (χ0v) is 11.2. The average Bonchev–Trinajstić information content (AvgIpc) is 2.40. The van der Waals surface area contributed by atoms with E-state index in [0.29, 0.717) is 11.3 Å². The normalized spacial score (nSPS) is 14.2. The van der Waals surface area contributed by atoms with Gasteiger partial charge in [-0.25, -0.2) is 4.68 Å². The second-order valence-corrected chi connectivity index (χ2v) is 5.93. The van der Waals surface area contributed by atoms with E-state index in [1.807, 2.05) is 13.8 Å². The summed E-state index contributed by atoms with van der Waals surface area (Å²) in [5.74, 6) is -0.00102. The van der Waals surface area contributed by atoms with Crippen LogP contribution in [0.3, 0.4) is 0 Å². The first kappa shape index (κ1) is 14.0. The SMILES string of the molecule is CCC(n1[nH]c(C)c(C(C)C)c1=O)S(=O)(=O)O. The summed E-state index contributed by atoms with van der Waals surface area (Å²) in [6.45, 7) is 7.02. The van der Waals surface area contributed by atoms with E-state index >= 15 is 0 Å². The van der Waals surface area contributed by atoms with Crippen LogP contribution in [0.5, 0.6) is 0 Å². The van der Waals surface area contributed by atoms with Crippen molar-refractivity contribution in [1.82, 2.24) is 9.78 Å². The van der Waals surface area contributed by atoms with Gasteiger partial charge in [0.1, 0.15) is 0 Å². The highest BCUT2D eigenvalue weighted by molar-refractivity contribution is 7.85. The van der Waals surface area contributed by atoms with Crippen molar-refractivity contribution >= 4 is 10.1 Å². The molecule has 0 aliphatic heterocycles. The van der Waals surface area contributed by atoms with E-state index in [9.17, 15) is 13.2 Å². The van der Waals surface area contributed by atoms with Crippen LogP contribution in [0.2, 0.25) is 0 Å². The lowest BCUT2D eigenvalue weighted by atomic mass is 10.1. The van der Waals surface area contributed by atoms with E-state index in [2.05, 4.69) is 5.10 Å². The number of hydrogen-bond acceptors (Lipinski definition) is 3. The Bertz CT molecular complexity index is 553. The van der Waals surface area contributed by atoms with Crippen molar-refractivity contribution in [3.05, 3.63) is 21.6 Å². The summed E-state index contributed by atoms with van der Waals surface area (Å²) in [4.78, 5) is 12.0. The fourth-order valence-corrected chi connectivity index (χ4v) is 2.83. The zero-order chi connectivity index (χ0) is 13.4. The summed E-state index contributed by atoms with van der Waals surface area (Å²) in [5.41, 5.74) is 0.793. The van der Waals surface area contributed by atoms with Gasteiger partial charge >= 0.3 is 0 Å². The quantitative estimate of drug-likeness (QED) is 0.802. The molecule has 0 aliphatic carbocycles. The molecule has 0 fully saturated rings. The Morgan fingerprint density at radius 3 is 2.24 bits per heavy atom. The van der Waals surface area contributed by atoms with Crippen molar-refractivity contribution in [3.63, 3.8) is 0 Å². The third-order valence-electron chi connectivity index (χ3n) is 2.70. The Hall–Kier alpha value is -1.08. The summed E-state index contributed by atoms with van der Waals surface area (Å²) in [7, 11) is -4.29. The Labute approximate surface area is 100 Å². The predicted molar refractivity (Wildman–Crippen MR) is 64.8 cm³/mol. The van der Waals surface area contributed by atoms with Crippen LogP contribution in [0.1, 0.15) is 49.7 Å². The van der Waals surface area contributed by atoms with Gasteiger partial charge in [0.2, 0.25) is 0 Å². The number of H-pyrrole nitrogens is 1. The highest BCUT2D eigenvalue weighted by atomic mass is 32.2. The van der Waals surface area contributed by atoms with E-state index in [4.69, 9.17) is 4.55 Å². The number of hydrogen-bond donors (Lipinski definition) is 2. The Balaban J connectivity index is 3.44. The molecular formula is C10H18N2O4S. The van der Waals surface area contributed by atoms with E-state index in [-0.39, 0.29) is 17.9 Å². The lowest BCUT2D eigenvalue weighted by molar-refractivity contribution is 0.423. The molecule has 0 bridgehead atoms. The summed E-state index contributed by atoms with van der Waals surface area (Å²) >= 11 is 0. The molecule has 1 heterocycles. The minimum atomic E-state index is -4.29. The molecule has 1 atom stereocenters. The van der Waals surface area contributed by atoms with Crippen LogP contribution >= 0.6 is 0 Å². The topological polar surface area (TPSA) is 92.2 Å². The Morgan fingerprint density at radius 2 is 1.94 bits per heavy atom. The molecule has 0 saturated carbocycles. The molecule has 0 spiro atoms. The smallest absolute Gasteiger partial charge is 0.288 e. The zero-order valence-electron chi connectivity index (χ0n) is 10.4. The van der Waals surface area contributed by atoms with Gasteiger partial charge < -0.3 is 0 Å². The number of aromatic amines is 1. The first-order valence-corrected chi connectivity index (χ1v) is 6.97. The second kappa shape index (κ2) is 4.66. The van der Waals surface area contributed by atoms with Crippen LogP contribution in [-0.4, -0.2) is 22.8 Å². The molecule has 0 aliphatic rings. The van der Waals surface area contributed by atoms with Gasteiger partial charge in [-0.2, -0.15) is 8.42 Å². The molecular weight excluding hydrogens is 244 g/mol. The first-order chi connectivity index (χ1) is 7.70. The number of nitrogens with one attached hydrogen (secondary N) is 1. The monoisotopic (exact) mass is 262 g/mol. The van der Waals surface area contributed by atoms with Crippen molar-refractivity contribution in [2.45, 2.75) is 45.4 Å². The largest absolute Gasteiger partial charge is 0.298 e. The van der Waals surface area contributed by atoms with E-state index in [1.165, 1.54) is 0 Å². The van der Waals surface area contributed by atoms with Crippen molar-refractivity contribution in [2.75, 3.05) is 0 Å². The van der Waals surface area contributed by atoms with Gasteiger partial charge in [0.15, 0.2) is 5.37 Å². The molecule has 0 amide bonds. The molecule has 1 aromatic rings. The van der Waals surface area contributed by atoms with Gasteiger partial charge in [0.05, 0.1) is 0 Å². The van der Waals surface area contributed by atoms with Crippen LogP contribution in [0.15, 0.2) is 4.79 Å². The second-order valence-electron chi connectivity index (χ2n) is 4.36. The molecule has 17 heavy (non-hydrogen) atoms. The summed E-state index contributed by atoms with van der Waals surface area (Å²) in [6.07, 6.45) is 0.121. The molecule has 6 nitrogen and oxygen atoms in total. The summed E-state index contributed by atoms with van der Waals surface area (Å²) in [6, 6.07) is 0. The van der Waals surface area contributed by atoms with Gasteiger partial charge in [-0.1, -0.05) is 20.8 Å². The van der Waals surface area contributed by atoms with Crippen LogP contribution in [0, 0.1) is 6.92 Å². The van der Waals surface area contributed by atoms with Crippen LogP contribution in [0.25, 0.3) is 0 Å². The molecule has 1 rings (SSSR count). The van der Waals surface area contributed by atoms with E-state index < -0.39 is 15.5 Å². The molecule has 98 valence electrons. The molecule has 1 unspecified atom stereocenters. The summed E-state index contributed by atoms with van der Waals surface area (Å²) < 4.78 is 32.4. The van der Waals surface area contributed by atoms with Crippen molar-refractivity contribution in [1.29, 1.82) is 0 Å². The number of nitrogens with zero attached hydrogens (tertiary/aromatic N) is 1. The van der Waals surface area contributed by atoms with Gasteiger partial charge in [0, 0.05) is 11.3 Å². The molecule has 7 heteroatoms. The Morgan fingerprint density at radius 1 is 1.41 bits per heavy atom. The van der Waals surface area contributed by atoms with Gasteiger partial charge in [-0.05, 0) is 19.3 Å². The van der Waals surface area contributed by atoms with Crippen LogP contribution < -0.4 is 5.56 Å². The molecule has 0 radical (unpaired) electrons. The third-order valence-corrected chi connectivity index (χ3v) is 3.93. The van der Waals surface area contributed by atoms with Crippen LogP contribution in [0.4, 0.5) is 0 Å². The van der Waals surface area contributed by atoms with E-state index in [1.54, 1.807) is 13.8 Å². The van der Waals surface area contributed by atoms with Crippen molar-refractivity contribution < 1.29 is 13.0 Å².